The summed E-state index contributed by atoms with van der Waals surface area (Å²) < 4.78 is 5.10. The van der Waals surface area contributed by atoms with Gasteiger partial charge in [0.25, 0.3) is 5.91 Å². The summed E-state index contributed by atoms with van der Waals surface area (Å²) in [5.41, 5.74) is 0.875. The average Bonchev–Trinajstić information content (AvgIpc) is 2.57. The first kappa shape index (κ1) is 17.0. The van der Waals surface area contributed by atoms with E-state index in [1.165, 1.54) is 6.20 Å². The number of carbonyl (C=O) groups excluding carboxylic acids is 2. The molecule has 1 atom stereocenters. The predicted octanol–water partition coefficient (Wildman–Crippen LogP) is 3.41. The Kier molecular flexibility index (Phi) is 6.11. The summed E-state index contributed by atoms with van der Waals surface area (Å²) in [6.45, 7) is 1.54. The second-order valence-electron chi connectivity index (χ2n) is 4.89. The van der Waals surface area contributed by atoms with Gasteiger partial charge in [0.1, 0.15) is 5.82 Å². The van der Waals surface area contributed by atoms with Gasteiger partial charge in [-0.1, -0.05) is 48.9 Å². The van der Waals surface area contributed by atoms with Crippen molar-refractivity contribution in [1.29, 1.82) is 0 Å². The average molecular weight is 333 g/mol. The number of benzene rings is 1. The Labute approximate surface area is 139 Å². The monoisotopic (exact) mass is 332 g/mol. The predicted molar refractivity (Wildman–Crippen MR) is 88.3 cm³/mol. The third-order valence-corrected chi connectivity index (χ3v) is 3.46. The lowest BCUT2D eigenvalue weighted by atomic mass is 9.97. The number of hydrogen-bond donors (Lipinski definition) is 1. The first-order valence-corrected chi connectivity index (χ1v) is 7.61. The van der Waals surface area contributed by atoms with Gasteiger partial charge in [-0.25, -0.2) is 4.98 Å². The van der Waals surface area contributed by atoms with Crippen molar-refractivity contribution in [3.63, 3.8) is 0 Å². The molecule has 6 heteroatoms. The molecule has 1 amide bonds. The maximum absolute atomic E-state index is 12.1. The van der Waals surface area contributed by atoms with Crippen molar-refractivity contribution in [2.75, 3.05) is 11.9 Å². The maximum atomic E-state index is 12.1. The van der Waals surface area contributed by atoms with E-state index in [-0.39, 0.29) is 12.5 Å². The lowest BCUT2D eigenvalue weighted by Gasteiger charge is -2.14. The minimum Gasteiger partial charge on any atom is -0.455 e. The molecule has 120 valence electrons. The molecule has 0 saturated carbocycles. The van der Waals surface area contributed by atoms with Gasteiger partial charge >= 0.3 is 5.97 Å². The van der Waals surface area contributed by atoms with Crippen molar-refractivity contribution >= 4 is 29.3 Å². The normalized spacial score (nSPS) is 11.6. The van der Waals surface area contributed by atoms with Crippen molar-refractivity contribution in [2.24, 2.45) is 0 Å². The number of nitrogens with zero attached hydrogens (tertiary/aromatic N) is 1. The summed E-state index contributed by atoms with van der Waals surface area (Å²) in [5.74, 6) is -0.891. The molecule has 23 heavy (non-hydrogen) atoms. The first-order chi connectivity index (χ1) is 11.1. The van der Waals surface area contributed by atoms with Gasteiger partial charge in [-0.15, -0.1) is 0 Å². The highest BCUT2D eigenvalue weighted by atomic mass is 35.5. The second kappa shape index (κ2) is 8.29. The van der Waals surface area contributed by atoms with Crippen molar-refractivity contribution in [3.8, 4) is 0 Å². The molecule has 0 bridgehead atoms. The van der Waals surface area contributed by atoms with Crippen LogP contribution >= 0.6 is 11.6 Å². The standard InChI is InChI=1S/C17H17ClN2O3/c1-2-14(12-6-4-3-5-7-12)17(22)23-11-16(21)20-15-9-8-13(18)10-19-15/h3-10,14H,2,11H2,1H3,(H,19,20,21)/t14-/m1/s1. The number of esters is 1. The number of carbonyl (C=O) groups is 2. The number of rotatable bonds is 6. The minimum atomic E-state index is -0.448. The lowest BCUT2D eigenvalue weighted by Crippen LogP contribution is -2.24. The fourth-order valence-electron chi connectivity index (χ4n) is 2.09. The number of halogens is 1. The van der Waals surface area contributed by atoms with Crippen LogP contribution in [0.3, 0.4) is 0 Å². The fraction of sp³-hybridized carbons (Fsp3) is 0.235. The molecule has 1 N–H and O–H groups in total. The molecular weight excluding hydrogens is 316 g/mol. The first-order valence-electron chi connectivity index (χ1n) is 7.23. The van der Waals surface area contributed by atoms with Crippen LogP contribution in [0.25, 0.3) is 0 Å². The van der Waals surface area contributed by atoms with E-state index in [1.54, 1.807) is 12.1 Å². The van der Waals surface area contributed by atoms with E-state index in [0.717, 1.165) is 5.56 Å². The molecule has 0 aliphatic heterocycles. The topological polar surface area (TPSA) is 68.3 Å². The molecule has 0 radical (unpaired) electrons. The van der Waals surface area contributed by atoms with Crippen LogP contribution in [0, 0.1) is 0 Å². The van der Waals surface area contributed by atoms with Gasteiger partial charge in [0.2, 0.25) is 0 Å². The number of hydrogen-bond acceptors (Lipinski definition) is 4. The van der Waals surface area contributed by atoms with Crippen molar-refractivity contribution < 1.29 is 14.3 Å². The summed E-state index contributed by atoms with van der Waals surface area (Å²) in [7, 11) is 0. The van der Waals surface area contributed by atoms with Crippen LogP contribution in [-0.2, 0) is 14.3 Å². The zero-order valence-corrected chi connectivity index (χ0v) is 13.4. The van der Waals surface area contributed by atoms with E-state index in [1.807, 2.05) is 37.3 Å². The summed E-state index contributed by atoms with van der Waals surface area (Å²) in [4.78, 5) is 27.9. The Bertz CT molecular complexity index is 659. The number of pyridine rings is 1. The van der Waals surface area contributed by atoms with Gasteiger partial charge in [-0.2, -0.15) is 0 Å². The third-order valence-electron chi connectivity index (χ3n) is 3.24. The molecule has 0 fully saturated rings. The quantitative estimate of drug-likeness (QED) is 0.823. The SMILES string of the molecule is CC[C@@H](C(=O)OCC(=O)Nc1ccc(Cl)cn1)c1ccccc1. The zero-order chi connectivity index (χ0) is 16.7. The molecule has 0 spiro atoms. The smallest absolute Gasteiger partial charge is 0.313 e. The van der Waals surface area contributed by atoms with E-state index < -0.39 is 11.9 Å². The summed E-state index contributed by atoms with van der Waals surface area (Å²) in [6.07, 6.45) is 2.02. The number of ether oxygens (including phenoxy) is 1. The van der Waals surface area contributed by atoms with Gasteiger partial charge in [0.05, 0.1) is 10.9 Å². The molecular formula is C17H17ClN2O3. The molecule has 1 heterocycles. The van der Waals surface area contributed by atoms with Crippen molar-refractivity contribution in [1.82, 2.24) is 4.98 Å². The van der Waals surface area contributed by atoms with Crippen LogP contribution in [0.2, 0.25) is 5.02 Å². The number of aromatic nitrogens is 1. The highest BCUT2D eigenvalue weighted by Crippen LogP contribution is 2.20. The van der Waals surface area contributed by atoms with Crippen molar-refractivity contribution in [2.45, 2.75) is 19.3 Å². The number of anilines is 1. The summed E-state index contributed by atoms with van der Waals surface area (Å²) >= 11 is 5.72. The Morgan fingerprint density at radius 2 is 1.96 bits per heavy atom. The van der Waals surface area contributed by atoms with E-state index in [9.17, 15) is 9.59 Å². The van der Waals surface area contributed by atoms with Crippen molar-refractivity contribution in [3.05, 3.63) is 59.2 Å². The highest BCUT2D eigenvalue weighted by Gasteiger charge is 2.20. The van der Waals surface area contributed by atoms with E-state index in [2.05, 4.69) is 10.3 Å². The van der Waals surface area contributed by atoms with Crippen LogP contribution < -0.4 is 5.32 Å². The molecule has 1 aromatic heterocycles. The Hall–Kier alpha value is -2.40. The van der Waals surface area contributed by atoms with Crippen LogP contribution in [0.15, 0.2) is 48.7 Å². The van der Waals surface area contributed by atoms with Crippen LogP contribution in [0.5, 0.6) is 0 Å². The number of amides is 1. The fourth-order valence-corrected chi connectivity index (χ4v) is 2.20. The molecule has 2 aromatic rings. The van der Waals surface area contributed by atoms with Gasteiger partial charge in [-0.05, 0) is 24.1 Å². The van der Waals surface area contributed by atoms with Gasteiger partial charge in [0, 0.05) is 6.20 Å². The summed E-state index contributed by atoms with van der Waals surface area (Å²) in [5, 5.41) is 3.01. The van der Waals surface area contributed by atoms with Gasteiger partial charge < -0.3 is 10.1 Å². The Balaban J connectivity index is 1.87. The van der Waals surface area contributed by atoms with Crippen LogP contribution in [0.1, 0.15) is 24.8 Å². The van der Waals surface area contributed by atoms with E-state index in [4.69, 9.17) is 16.3 Å². The second-order valence-corrected chi connectivity index (χ2v) is 5.33. The lowest BCUT2D eigenvalue weighted by molar-refractivity contribution is -0.149. The molecule has 0 unspecified atom stereocenters. The Morgan fingerprint density at radius 3 is 2.57 bits per heavy atom. The summed E-state index contributed by atoms with van der Waals surface area (Å²) in [6, 6.07) is 12.5. The van der Waals surface area contributed by atoms with Crippen LogP contribution in [0.4, 0.5) is 5.82 Å². The third kappa shape index (κ3) is 5.07. The van der Waals surface area contributed by atoms with Gasteiger partial charge in [-0.3, -0.25) is 9.59 Å². The Morgan fingerprint density at radius 1 is 1.22 bits per heavy atom. The molecule has 0 saturated heterocycles. The maximum Gasteiger partial charge on any atom is 0.313 e. The zero-order valence-electron chi connectivity index (χ0n) is 12.7. The molecule has 0 aliphatic rings. The minimum absolute atomic E-state index is 0.352. The van der Waals surface area contributed by atoms with Gasteiger partial charge in [0.15, 0.2) is 6.61 Å². The molecule has 0 aliphatic carbocycles. The largest absolute Gasteiger partial charge is 0.455 e. The molecule has 2 rings (SSSR count). The molecule has 5 nitrogen and oxygen atoms in total. The van der Waals surface area contributed by atoms with Crippen LogP contribution in [-0.4, -0.2) is 23.5 Å². The van der Waals surface area contributed by atoms with E-state index >= 15 is 0 Å². The molecule has 1 aromatic carbocycles. The highest BCUT2D eigenvalue weighted by molar-refractivity contribution is 6.30. The van der Waals surface area contributed by atoms with E-state index in [0.29, 0.717) is 17.3 Å². The number of nitrogens with one attached hydrogen (secondary N) is 1.